The number of hydrogen-bond donors (Lipinski definition) is 2. The number of benzene rings is 2. The molecule has 0 unspecified atom stereocenters. The Morgan fingerprint density at radius 2 is 1.63 bits per heavy atom. The van der Waals surface area contributed by atoms with Crippen LogP contribution < -0.4 is 15.4 Å². The third kappa shape index (κ3) is 5.85. The largest absolute Gasteiger partial charge is 0.484 e. The molecule has 0 aliphatic heterocycles. The number of methoxy groups -OCH3 is 1. The molecule has 2 N–H and O–H groups in total. The number of amides is 2. The van der Waals surface area contributed by atoms with Gasteiger partial charge in [0.05, 0.1) is 19.2 Å². The van der Waals surface area contributed by atoms with Crippen LogP contribution in [0.15, 0.2) is 42.5 Å². The third-order valence-corrected chi connectivity index (χ3v) is 3.82. The highest BCUT2D eigenvalue weighted by molar-refractivity contribution is 5.96. The van der Waals surface area contributed by atoms with Crippen molar-refractivity contribution in [2.24, 2.45) is 0 Å². The summed E-state index contributed by atoms with van der Waals surface area (Å²) in [6.45, 7) is 3.36. The Labute approximate surface area is 157 Å². The van der Waals surface area contributed by atoms with Gasteiger partial charge in [0.2, 0.25) is 5.91 Å². The molecular weight excluding hydrogens is 348 g/mol. The quantitative estimate of drug-likeness (QED) is 0.729. The van der Waals surface area contributed by atoms with E-state index in [9.17, 15) is 14.4 Å². The molecule has 0 heterocycles. The highest BCUT2D eigenvalue weighted by Crippen LogP contribution is 2.19. The lowest BCUT2D eigenvalue weighted by Crippen LogP contribution is -2.36. The second-order valence-corrected chi connectivity index (χ2v) is 5.90. The molecule has 27 heavy (non-hydrogen) atoms. The number of para-hydroxylation sites is 1. The first-order chi connectivity index (χ1) is 12.9. The number of aryl methyl sites for hydroxylation is 2. The van der Waals surface area contributed by atoms with Crippen LogP contribution in [0.2, 0.25) is 0 Å². The lowest BCUT2D eigenvalue weighted by Gasteiger charge is -2.12. The Morgan fingerprint density at radius 1 is 0.963 bits per heavy atom. The van der Waals surface area contributed by atoms with E-state index in [4.69, 9.17) is 4.74 Å². The van der Waals surface area contributed by atoms with Crippen molar-refractivity contribution in [1.29, 1.82) is 0 Å². The fourth-order valence-corrected chi connectivity index (χ4v) is 2.40. The maximum absolute atomic E-state index is 12.0. The zero-order valence-corrected chi connectivity index (χ0v) is 15.5. The normalized spacial score (nSPS) is 10.0. The highest BCUT2D eigenvalue weighted by Gasteiger charge is 2.10. The van der Waals surface area contributed by atoms with Gasteiger partial charge < -0.3 is 20.1 Å². The molecule has 0 saturated carbocycles. The van der Waals surface area contributed by atoms with E-state index >= 15 is 0 Å². The van der Waals surface area contributed by atoms with Crippen molar-refractivity contribution in [3.63, 3.8) is 0 Å². The minimum atomic E-state index is -0.493. The van der Waals surface area contributed by atoms with Gasteiger partial charge in [-0.05, 0) is 43.2 Å². The fraction of sp³-hybridized carbons (Fsp3) is 0.250. The van der Waals surface area contributed by atoms with Gasteiger partial charge in [0.15, 0.2) is 6.61 Å². The van der Waals surface area contributed by atoms with Crippen LogP contribution in [0.1, 0.15) is 21.5 Å². The van der Waals surface area contributed by atoms with E-state index in [-0.39, 0.29) is 19.1 Å². The molecule has 2 aromatic rings. The Bertz CT molecular complexity index is 828. The van der Waals surface area contributed by atoms with Crippen LogP contribution in [0.3, 0.4) is 0 Å². The predicted molar refractivity (Wildman–Crippen MR) is 101 cm³/mol. The van der Waals surface area contributed by atoms with E-state index < -0.39 is 11.9 Å². The number of carbonyl (C=O) groups excluding carboxylic acids is 3. The molecule has 2 amide bonds. The van der Waals surface area contributed by atoms with E-state index in [1.165, 1.54) is 13.2 Å². The molecule has 0 aliphatic rings. The number of ether oxygens (including phenoxy) is 2. The second-order valence-electron chi connectivity index (χ2n) is 5.90. The first kappa shape index (κ1) is 20.0. The summed E-state index contributed by atoms with van der Waals surface area (Å²) in [6, 6.07) is 12.0. The maximum atomic E-state index is 12.0. The average Bonchev–Trinajstić information content (AvgIpc) is 2.67. The zero-order chi connectivity index (χ0) is 19.8. The topological polar surface area (TPSA) is 93.7 Å². The standard InChI is InChI=1S/C20H22N2O5/c1-13-6-4-7-14(2)19(13)22-17(23)11-21-18(24)12-27-16-9-5-8-15(10-16)20(25)26-3/h4-10H,11-12H2,1-3H3,(H,21,24)(H,22,23). The minimum Gasteiger partial charge on any atom is -0.484 e. The van der Waals surface area contributed by atoms with Gasteiger partial charge in [-0.15, -0.1) is 0 Å². The number of esters is 1. The molecular formula is C20H22N2O5. The molecule has 142 valence electrons. The summed E-state index contributed by atoms with van der Waals surface area (Å²) in [5.41, 5.74) is 2.96. The number of carbonyl (C=O) groups is 3. The van der Waals surface area contributed by atoms with Gasteiger partial charge in [0, 0.05) is 5.69 Å². The SMILES string of the molecule is COC(=O)c1cccc(OCC(=O)NCC(=O)Nc2c(C)cccc2C)c1. The first-order valence-corrected chi connectivity index (χ1v) is 8.34. The summed E-state index contributed by atoms with van der Waals surface area (Å²) in [4.78, 5) is 35.4. The number of anilines is 1. The molecule has 0 bridgehead atoms. The van der Waals surface area contributed by atoms with Gasteiger partial charge in [0.25, 0.3) is 5.91 Å². The molecule has 0 fully saturated rings. The summed E-state index contributed by atoms with van der Waals surface area (Å²) < 4.78 is 9.97. The summed E-state index contributed by atoms with van der Waals surface area (Å²) in [7, 11) is 1.28. The van der Waals surface area contributed by atoms with Crippen molar-refractivity contribution < 1.29 is 23.9 Å². The van der Waals surface area contributed by atoms with E-state index in [0.29, 0.717) is 11.3 Å². The van der Waals surface area contributed by atoms with Crippen molar-refractivity contribution in [2.45, 2.75) is 13.8 Å². The minimum absolute atomic E-state index is 0.168. The molecule has 0 spiro atoms. The summed E-state index contributed by atoms with van der Waals surface area (Å²) in [5.74, 6) is -0.912. The van der Waals surface area contributed by atoms with Gasteiger partial charge in [-0.2, -0.15) is 0 Å². The third-order valence-electron chi connectivity index (χ3n) is 3.82. The van der Waals surface area contributed by atoms with Crippen molar-refractivity contribution in [3.8, 4) is 5.75 Å². The summed E-state index contributed by atoms with van der Waals surface area (Å²) >= 11 is 0. The van der Waals surface area contributed by atoms with Gasteiger partial charge >= 0.3 is 5.97 Å². The van der Waals surface area contributed by atoms with E-state index in [1.807, 2.05) is 32.0 Å². The Morgan fingerprint density at radius 3 is 2.30 bits per heavy atom. The smallest absolute Gasteiger partial charge is 0.337 e. The second kappa shape index (κ2) is 9.38. The molecule has 0 radical (unpaired) electrons. The van der Waals surface area contributed by atoms with Crippen LogP contribution in [0.25, 0.3) is 0 Å². The lowest BCUT2D eigenvalue weighted by molar-refractivity contribution is -0.125. The van der Waals surface area contributed by atoms with Gasteiger partial charge in [-0.3, -0.25) is 9.59 Å². The first-order valence-electron chi connectivity index (χ1n) is 8.34. The van der Waals surface area contributed by atoms with Crippen molar-refractivity contribution in [3.05, 3.63) is 59.2 Å². The molecule has 0 aliphatic carbocycles. The molecule has 2 aromatic carbocycles. The van der Waals surface area contributed by atoms with Crippen molar-refractivity contribution in [1.82, 2.24) is 5.32 Å². The summed E-state index contributed by atoms with van der Waals surface area (Å²) in [6.07, 6.45) is 0. The molecule has 0 aromatic heterocycles. The molecule has 7 nitrogen and oxygen atoms in total. The number of nitrogens with one attached hydrogen (secondary N) is 2. The van der Waals surface area contributed by atoms with Gasteiger partial charge in [-0.1, -0.05) is 24.3 Å². The number of rotatable bonds is 7. The van der Waals surface area contributed by atoms with Crippen LogP contribution in [0.4, 0.5) is 5.69 Å². The van der Waals surface area contributed by atoms with Crippen molar-refractivity contribution >= 4 is 23.5 Å². The van der Waals surface area contributed by atoms with Crippen LogP contribution in [0, 0.1) is 13.8 Å². The van der Waals surface area contributed by atoms with Crippen LogP contribution in [-0.4, -0.2) is 38.0 Å². The zero-order valence-electron chi connectivity index (χ0n) is 15.5. The molecule has 2 rings (SSSR count). The van der Waals surface area contributed by atoms with E-state index in [2.05, 4.69) is 15.4 Å². The average molecular weight is 370 g/mol. The van der Waals surface area contributed by atoms with Gasteiger partial charge in [-0.25, -0.2) is 4.79 Å². The van der Waals surface area contributed by atoms with E-state index in [1.54, 1.807) is 18.2 Å². The Hall–Kier alpha value is -3.35. The molecule has 0 saturated heterocycles. The monoisotopic (exact) mass is 370 g/mol. The van der Waals surface area contributed by atoms with Crippen LogP contribution in [0.5, 0.6) is 5.75 Å². The Kier molecular flexibility index (Phi) is 6.93. The highest BCUT2D eigenvalue weighted by atomic mass is 16.5. The fourth-order valence-electron chi connectivity index (χ4n) is 2.40. The molecule has 7 heteroatoms. The van der Waals surface area contributed by atoms with Gasteiger partial charge in [0.1, 0.15) is 5.75 Å². The van der Waals surface area contributed by atoms with E-state index in [0.717, 1.165) is 16.8 Å². The maximum Gasteiger partial charge on any atom is 0.337 e. The Balaban J connectivity index is 1.81. The van der Waals surface area contributed by atoms with Crippen LogP contribution in [-0.2, 0) is 14.3 Å². The molecule has 0 atom stereocenters. The van der Waals surface area contributed by atoms with Crippen molar-refractivity contribution in [2.75, 3.05) is 25.6 Å². The number of hydrogen-bond acceptors (Lipinski definition) is 5. The van der Waals surface area contributed by atoms with Crippen LogP contribution >= 0.6 is 0 Å². The predicted octanol–water partition coefficient (Wildman–Crippen LogP) is 2.22. The lowest BCUT2D eigenvalue weighted by atomic mass is 10.1. The summed E-state index contributed by atoms with van der Waals surface area (Å²) in [5, 5.41) is 5.28.